The molecule has 2 aromatic carbocycles. The van der Waals surface area contributed by atoms with Crippen molar-refractivity contribution in [2.45, 2.75) is 6.92 Å². The van der Waals surface area contributed by atoms with Crippen LogP contribution in [0.1, 0.15) is 11.3 Å². The van der Waals surface area contributed by atoms with Crippen LogP contribution in [0.5, 0.6) is 0 Å². The number of benzene rings is 2. The Morgan fingerprint density at radius 3 is 2.69 bits per heavy atom. The zero-order valence-corrected chi connectivity index (χ0v) is 16.8. The predicted octanol–water partition coefficient (Wildman–Crippen LogP) is 5.47. The first-order valence-electron chi connectivity index (χ1n) is 8.41. The first kappa shape index (κ1) is 20.0. The van der Waals surface area contributed by atoms with E-state index in [4.69, 9.17) is 4.42 Å². The zero-order valence-electron chi connectivity index (χ0n) is 15.2. The fourth-order valence-corrected chi connectivity index (χ4v) is 3.07. The van der Waals surface area contributed by atoms with Gasteiger partial charge in [-0.15, -0.1) is 0 Å². The number of carbonyl (C=O) groups excluding carboxylic acids is 1. The van der Waals surface area contributed by atoms with Crippen LogP contribution in [0.2, 0.25) is 0 Å². The van der Waals surface area contributed by atoms with Crippen LogP contribution < -0.4 is 5.32 Å². The van der Waals surface area contributed by atoms with Crippen molar-refractivity contribution < 1.29 is 14.1 Å². The largest absolute Gasteiger partial charge is 0.457 e. The minimum absolute atomic E-state index is 0.00564. The molecule has 0 aliphatic carbocycles. The third kappa shape index (κ3) is 4.78. The van der Waals surface area contributed by atoms with Crippen molar-refractivity contribution in [3.05, 3.63) is 86.1 Å². The molecule has 1 aromatic heterocycles. The Morgan fingerprint density at radius 2 is 2.03 bits per heavy atom. The van der Waals surface area contributed by atoms with Gasteiger partial charge in [0.25, 0.3) is 11.6 Å². The number of nitrogens with zero attached hydrogens (tertiary/aromatic N) is 2. The minimum atomic E-state index is -0.560. The molecule has 7 nitrogen and oxygen atoms in total. The van der Waals surface area contributed by atoms with E-state index in [9.17, 15) is 20.2 Å². The lowest BCUT2D eigenvalue weighted by atomic mass is 10.1. The number of nitrogens with one attached hydrogen (secondary N) is 1. The van der Waals surface area contributed by atoms with Gasteiger partial charge in [0, 0.05) is 33.9 Å². The van der Waals surface area contributed by atoms with Gasteiger partial charge in [-0.25, -0.2) is 0 Å². The third-order valence-electron chi connectivity index (χ3n) is 4.05. The van der Waals surface area contributed by atoms with Crippen LogP contribution >= 0.6 is 15.9 Å². The second-order valence-electron chi connectivity index (χ2n) is 6.09. The van der Waals surface area contributed by atoms with Crippen LogP contribution in [0.3, 0.4) is 0 Å². The normalized spacial score (nSPS) is 11.0. The highest BCUT2D eigenvalue weighted by Gasteiger charge is 2.14. The van der Waals surface area contributed by atoms with E-state index in [1.165, 1.54) is 18.2 Å². The number of nitriles is 1. The van der Waals surface area contributed by atoms with Gasteiger partial charge in [-0.3, -0.25) is 14.9 Å². The summed E-state index contributed by atoms with van der Waals surface area (Å²) in [5.41, 5.74) is 1.79. The monoisotopic (exact) mass is 451 g/mol. The molecule has 0 atom stereocenters. The molecule has 0 unspecified atom stereocenters. The molecule has 29 heavy (non-hydrogen) atoms. The number of non-ortho nitro benzene ring substituents is 1. The first-order valence-corrected chi connectivity index (χ1v) is 9.20. The summed E-state index contributed by atoms with van der Waals surface area (Å²) in [6.45, 7) is 1.74. The summed E-state index contributed by atoms with van der Waals surface area (Å²) in [6, 6.07) is 16.6. The zero-order chi connectivity index (χ0) is 21.0. The molecule has 144 valence electrons. The number of rotatable bonds is 5. The van der Waals surface area contributed by atoms with Gasteiger partial charge in [-0.05, 0) is 48.9 Å². The van der Waals surface area contributed by atoms with Crippen molar-refractivity contribution in [3.8, 4) is 17.4 Å². The maximum absolute atomic E-state index is 12.4. The summed E-state index contributed by atoms with van der Waals surface area (Å²) >= 11 is 3.32. The van der Waals surface area contributed by atoms with Crippen molar-refractivity contribution in [1.82, 2.24) is 0 Å². The number of hydrogen-bond acceptors (Lipinski definition) is 5. The number of halogens is 1. The Hall–Kier alpha value is -3.70. The molecule has 8 heteroatoms. The number of carbonyl (C=O) groups is 1. The Bertz CT molecular complexity index is 1170. The molecule has 0 bridgehead atoms. The van der Waals surface area contributed by atoms with Crippen LogP contribution in [-0.4, -0.2) is 10.8 Å². The fraction of sp³-hybridized carbons (Fsp3) is 0.0476. The lowest BCUT2D eigenvalue weighted by Gasteiger charge is -2.04. The van der Waals surface area contributed by atoms with E-state index in [0.717, 1.165) is 4.47 Å². The number of furan rings is 1. The molecule has 0 radical (unpaired) electrons. The van der Waals surface area contributed by atoms with E-state index in [1.54, 1.807) is 43.3 Å². The van der Waals surface area contributed by atoms with Crippen LogP contribution in [0.25, 0.3) is 17.4 Å². The van der Waals surface area contributed by atoms with E-state index in [1.807, 2.05) is 12.1 Å². The van der Waals surface area contributed by atoms with Crippen molar-refractivity contribution in [2.75, 3.05) is 5.32 Å². The Labute approximate surface area is 174 Å². The topological polar surface area (TPSA) is 109 Å². The van der Waals surface area contributed by atoms with Crippen molar-refractivity contribution in [1.29, 1.82) is 5.26 Å². The highest BCUT2D eigenvalue weighted by molar-refractivity contribution is 9.10. The Balaban J connectivity index is 1.83. The molecule has 0 saturated carbocycles. The van der Waals surface area contributed by atoms with Crippen molar-refractivity contribution in [3.63, 3.8) is 0 Å². The maximum Gasteiger partial charge on any atom is 0.269 e. The second kappa shape index (κ2) is 8.54. The second-order valence-corrected chi connectivity index (χ2v) is 7.01. The molecule has 0 spiro atoms. The number of amides is 1. The average molecular weight is 452 g/mol. The lowest BCUT2D eigenvalue weighted by Crippen LogP contribution is -2.13. The number of nitro benzene ring substituents is 1. The van der Waals surface area contributed by atoms with E-state index in [0.29, 0.717) is 28.3 Å². The number of anilines is 1. The molecule has 1 N–H and O–H groups in total. The van der Waals surface area contributed by atoms with Gasteiger partial charge in [0.2, 0.25) is 0 Å². The maximum atomic E-state index is 12.4. The summed E-state index contributed by atoms with van der Waals surface area (Å²) < 4.78 is 6.52. The third-order valence-corrected chi connectivity index (χ3v) is 4.54. The van der Waals surface area contributed by atoms with Gasteiger partial charge < -0.3 is 9.73 Å². The molecule has 1 amide bonds. The summed E-state index contributed by atoms with van der Waals surface area (Å²) in [6.07, 6.45) is 1.34. The summed E-state index contributed by atoms with van der Waals surface area (Å²) in [4.78, 5) is 22.8. The highest BCUT2D eigenvalue weighted by atomic mass is 79.9. The molecule has 0 aliphatic rings. The molecular formula is C21H14BrN3O4. The molecule has 1 heterocycles. The van der Waals surface area contributed by atoms with Crippen LogP contribution in [0.15, 0.2) is 69.1 Å². The minimum Gasteiger partial charge on any atom is -0.457 e. The predicted molar refractivity (Wildman–Crippen MR) is 112 cm³/mol. The molecule has 3 rings (SSSR count). The molecule has 0 saturated heterocycles. The molecular weight excluding hydrogens is 438 g/mol. The van der Waals surface area contributed by atoms with Crippen molar-refractivity contribution >= 4 is 39.3 Å². The van der Waals surface area contributed by atoms with E-state index < -0.39 is 10.8 Å². The summed E-state index contributed by atoms with van der Waals surface area (Å²) in [7, 11) is 0. The number of nitro groups is 1. The fourth-order valence-electron chi connectivity index (χ4n) is 2.67. The van der Waals surface area contributed by atoms with Gasteiger partial charge >= 0.3 is 0 Å². The van der Waals surface area contributed by atoms with Crippen LogP contribution in [-0.2, 0) is 4.79 Å². The SMILES string of the molecule is Cc1cc([N+](=O)[O-])ccc1-c1ccc(/C=C(\C#N)C(=O)Nc2cccc(Br)c2)o1. The summed E-state index contributed by atoms with van der Waals surface area (Å²) in [5, 5.41) is 22.9. The smallest absolute Gasteiger partial charge is 0.269 e. The standard InChI is InChI=1S/C21H14BrN3O4/c1-13-9-17(25(27)28)5-7-19(13)20-8-6-18(29-20)10-14(12-23)21(26)24-16-4-2-3-15(22)11-16/h2-11H,1H3,(H,24,26)/b14-10+. The van der Waals surface area contributed by atoms with E-state index >= 15 is 0 Å². The van der Waals surface area contributed by atoms with Crippen molar-refractivity contribution in [2.24, 2.45) is 0 Å². The highest BCUT2D eigenvalue weighted by Crippen LogP contribution is 2.29. The molecule has 0 aliphatic heterocycles. The average Bonchev–Trinajstić information content (AvgIpc) is 3.14. The van der Waals surface area contributed by atoms with E-state index in [2.05, 4.69) is 21.2 Å². The lowest BCUT2D eigenvalue weighted by molar-refractivity contribution is -0.384. The van der Waals surface area contributed by atoms with Crippen LogP contribution in [0.4, 0.5) is 11.4 Å². The van der Waals surface area contributed by atoms with Gasteiger partial charge in [0.15, 0.2) is 0 Å². The van der Waals surface area contributed by atoms with Gasteiger partial charge in [-0.1, -0.05) is 22.0 Å². The first-order chi connectivity index (χ1) is 13.9. The summed E-state index contributed by atoms with van der Waals surface area (Å²) in [5.74, 6) is 0.238. The quantitative estimate of drug-likeness (QED) is 0.239. The van der Waals surface area contributed by atoms with Crippen LogP contribution in [0, 0.1) is 28.4 Å². The Morgan fingerprint density at radius 1 is 1.24 bits per heavy atom. The molecule has 3 aromatic rings. The molecule has 0 fully saturated rings. The van der Waals surface area contributed by atoms with Gasteiger partial charge in [0.05, 0.1) is 4.92 Å². The number of hydrogen-bond donors (Lipinski definition) is 1. The number of aryl methyl sites for hydroxylation is 1. The van der Waals surface area contributed by atoms with E-state index in [-0.39, 0.29) is 11.3 Å². The van der Waals surface area contributed by atoms with Gasteiger partial charge in [0.1, 0.15) is 23.2 Å². The van der Waals surface area contributed by atoms with Gasteiger partial charge in [-0.2, -0.15) is 5.26 Å². The Kier molecular flexibility index (Phi) is 5.90.